The van der Waals surface area contributed by atoms with Crippen molar-refractivity contribution >= 4 is 41.1 Å². The van der Waals surface area contributed by atoms with Gasteiger partial charge in [0.15, 0.2) is 0 Å². The molecule has 10 nitrogen and oxygen atoms in total. The molecule has 12 heteroatoms. The van der Waals surface area contributed by atoms with Crippen LogP contribution in [0.2, 0.25) is 0 Å². The molecule has 1 fully saturated rings. The van der Waals surface area contributed by atoms with Crippen LogP contribution in [0.4, 0.5) is 10.6 Å². The molecule has 0 bridgehead atoms. The van der Waals surface area contributed by atoms with E-state index >= 15 is 0 Å². The molecule has 2 aliphatic rings. The van der Waals surface area contributed by atoms with Crippen LogP contribution in [0.25, 0.3) is 5.65 Å². The molecule has 3 amide bonds. The number of nitrogens with two attached hydrogens (primary N) is 1. The third-order valence-corrected chi connectivity index (χ3v) is 7.00. The van der Waals surface area contributed by atoms with E-state index < -0.39 is 24.0 Å². The summed E-state index contributed by atoms with van der Waals surface area (Å²) in [5, 5.41) is 24.2. The Bertz CT molecular complexity index is 1120. The van der Waals surface area contributed by atoms with Gasteiger partial charge in [-0.1, -0.05) is 13.0 Å². The van der Waals surface area contributed by atoms with E-state index in [9.17, 15) is 24.6 Å². The molecule has 4 rings (SSSR count). The SMILES string of the molecule is C[C@@H](O)[C@H]1C(=O)N2C(C(=O)[O-])=C(SCCc3cn4c(NC(N)=O)cccc4n3)[C@H](C)[C@H]12.[Na+]. The molecule has 4 heterocycles. The number of urea groups is 1. The van der Waals surface area contributed by atoms with Gasteiger partial charge in [-0.25, -0.2) is 9.78 Å². The Hall–Kier alpha value is -2.05. The maximum Gasteiger partial charge on any atom is 1.00 e. The quantitative estimate of drug-likeness (QED) is 0.288. The van der Waals surface area contributed by atoms with Gasteiger partial charge in [-0.3, -0.25) is 14.5 Å². The van der Waals surface area contributed by atoms with E-state index in [-0.39, 0.29) is 53.1 Å². The molecular formula is C20H22N5NaO5S. The molecule has 164 valence electrons. The van der Waals surface area contributed by atoms with Crippen molar-refractivity contribution < 1.29 is 54.2 Å². The average Bonchev–Trinajstić information content (AvgIpc) is 3.19. The molecule has 2 aromatic heterocycles. The topological polar surface area (TPSA) is 153 Å². The van der Waals surface area contributed by atoms with E-state index in [2.05, 4.69) is 10.3 Å². The molecule has 0 spiro atoms. The molecule has 4 N–H and O–H groups in total. The van der Waals surface area contributed by atoms with Crippen LogP contribution < -0.4 is 45.7 Å². The molecule has 4 atom stereocenters. The number of anilines is 1. The van der Waals surface area contributed by atoms with Gasteiger partial charge in [0.2, 0.25) is 5.91 Å². The summed E-state index contributed by atoms with van der Waals surface area (Å²) >= 11 is 1.36. The smallest absolute Gasteiger partial charge is 0.543 e. The summed E-state index contributed by atoms with van der Waals surface area (Å²) in [5.74, 6) is -1.54. The number of rotatable bonds is 7. The Balaban J connectivity index is 0.00000289. The molecule has 2 aliphatic heterocycles. The van der Waals surface area contributed by atoms with Crippen LogP contribution in [0, 0.1) is 11.8 Å². The van der Waals surface area contributed by atoms with Crippen LogP contribution in [0.1, 0.15) is 19.5 Å². The van der Waals surface area contributed by atoms with Crippen molar-refractivity contribution in [3.05, 3.63) is 40.7 Å². The number of carboxylic acids is 1. The summed E-state index contributed by atoms with van der Waals surface area (Å²) in [4.78, 5) is 41.7. The number of aromatic nitrogens is 2. The first-order valence-corrected chi connectivity index (χ1v) is 10.8. The predicted octanol–water partition coefficient (Wildman–Crippen LogP) is -3.08. The Morgan fingerprint density at radius 2 is 2.12 bits per heavy atom. The van der Waals surface area contributed by atoms with Crippen molar-refractivity contribution in [1.82, 2.24) is 14.3 Å². The first-order chi connectivity index (χ1) is 14.7. The number of hydrogen-bond donors (Lipinski definition) is 3. The van der Waals surface area contributed by atoms with Crippen LogP contribution in [0.3, 0.4) is 0 Å². The number of carbonyl (C=O) groups excluding carboxylic acids is 3. The number of carbonyl (C=O) groups is 3. The van der Waals surface area contributed by atoms with Gasteiger partial charge in [-0.2, -0.15) is 0 Å². The van der Waals surface area contributed by atoms with Crippen LogP contribution >= 0.6 is 11.8 Å². The Kier molecular flexibility index (Phi) is 7.25. The van der Waals surface area contributed by atoms with Crippen molar-refractivity contribution in [2.24, 2.45) is 17.6 Å². The van der Waals surface area contributed by atoms with E-state index in [0.717, 1.165) is 5.69 Å². The number of pyridine rings is 1. The molecule has 2 aromatic rings. The number of aliphatic hydroxyl groups is 1. The van der Waals surface area contributed by atoms with Gasteiger partial charge >= 0.3 is 35.6 Å². The van der Waals surface area contributed by atoms with Gasteiger partial charge in [0.05, 0.1) is 35.4 Å². The zero-order valence-corrected chi connectivity index (χ0v) is 20.8. The second-order valence-corrected chi connectivity index (χ2v) is 8.85. The maximum atomic E-state index is 12.4. The molecule has 1 saturated heterocycles. The number of primary amides is 1. The number of nitrogens with zero attached hydrogens (tertiary/aromatic N) is 3. The standard InChI is InChI=1S/C20H23N5O5S.Na/c1-9-15-14(10(2)26)18(27)25(15)16(19(28)29)17(9)31-7-6-11-8-24-12(22-11)4-3-5-13(24)23-20(21)30;/h3-5,8-10,14-15,26H,6-7H2,1-2H3,(H,28,29)(H3,21,23,30);/q;+1/p-1/t9-,10-,14-,15-;/m1./s1. The fraction of sp³-hybridized carbons (Fsp3) is 0.400. The number of imidazole rings is 1. The van der Waals surface area contributed by atoms with Gasteiger partial charge < -0.3 is 25.6 Å². The molecule has 0 saturated carbocycles. The number of aliphatic carboxylic acids is 1. The van der Waals surface area contributed by atoms with E-state index in [0.29, 0.717) is 28.5 Å². The third kappa shape index (κ3) is 4.15. The van der Waals surface area contributed by atoms with Crippen LogP contribution in [0.5, 0.6) is 0 Å². The second-order valence-electron chi connectivity index (χ2n) is 7.71. The molecule has 0 aliphatic carbocycles. The monoisotopic (exact) mass is 467 g/mol. The van der Waals surface area contributed by atoms with Gasteiger partial charge in [-0.15, -0.1) is 11.8 Å². The molecule has 0 radical (unpaired) electrons. The van der Waals surface area contributed by atoms with E-state index in [1.54, 1.807) is 35.7 Å². The average molecular weight is 467 g/mol. The number of hydrogen-bond acceptors (Lipinski definition) is 7. The fourth-order valence-electron chi connectivity index (χ4n) is 4.38. The summed E-state index contributed by atoms with van der Waals surface area (Å²) in [7, 11) is 0. The maximum absolute atomic E-state index is 12.4. The van der Waals surface area contributed by atoms with E-state index in [1.165, 1.54) is 16.7 Å². The summed E-state index contributed by atoms with van der Waals surface area (Å²) in [6, 6.07) is 4.22. The fourth-order valence-corrected chi connectivity index (χ4v) is 5.63. The van der Waals surface area contributed by atoms with Crippen molar-refractivity contribution in [3.8, 4) is 0 Å². The first kappa shape index (κ1) is 24.6. The largest absolute Gasteiger partial charge is 1.00 e. The molecule has 0 unspecified atom stereocenters. The summed E-state index contributed by atoms with van der Waals surface area (Å²) < 4.78 is 1.71. The minimum absolute atomic E-state index is 0. The normalized spacial score (nSPS) is 22.9. The number of amides is 3. The van der Waals surface area contributed by atoms with Crippen molar-refractivity contribution in [2.75, 3.05) is 11.1 Å². The first-order valence-electron chi connectivity index (χ1n) is 9.83. The van der Waals surface area contributed by atoms with Crippen molar-refractivity contribution in [1.29, 1.82) is 0 Å². The third-order valence-electron chi connectivity index (χ3n) is 5.71. The number of nitrogens with one attached hydrogen (secondary N) is 1. The Labute approximate surface area is 210 Å². The predicted molar refractivity (Wildman–Crippen MR) is 112 cm³/mol. The van der Waals surface area contributed by atoms with Crippen LogP contribution in [-0.2, 0) is 16.0 Å². The zero-order chi connectivity index (χ0) is 22.4. The zero-order valence-electron chi connectivity index (χ0n) is 17.9. The summed E-state index contributed by atoms with van der Waals surface area (Å²) in [5.41, 5.74) is 6.51. The van der Waals surface area contributed by atoms with Crippen molar-refractivity contribution in [3.63, 3.8) is 0 Å². The second kappa shape index (κ2) is 9.44. The number of β-lactam (4-membered cyclic amide) rings is 1. The van der Waals surface area contributed by atoms with Gasteiger partial charge in [0, 0.05) is 29.2 Å². The number of aryl methyl sites for hydroxylation is 1. The van der Waals surface area contributed by atoms with Crippen LogP contribution in [-0.4, -0.2) is 55.2 Å². The molecular weight excluding hydrogens is 445 g/mol. The summed E-state index contributed by atoms with van der Waals surface area (Å²) in [6.07, 6.45) is 1.48. The molecule has 32 heavy (non-hydrogen) atoms. The summed E-state index contributed by atoms with van der Waals surface area (Å²) in [6.45, 7) is 3.41. The minimum Gasteiger partial charge on any atom is -0.543 e. The number of aliphatic hydroxyl groups excluding tert-OH is 1. The van der Waals surface area contributed by atoms with Crippen molar-refractivity contribution in [2.45, 2.75) is 32.4 Å². The van der Waals surface area contributed by atoms with Crippen LogP contribution in [0.15, 0.2) is 35.0 Å². The number of carboxylic acid groups (broad SMARTS) is 1. The van der Waals surface area contributed by atoms with E-state index in [1.807, 2.05) is 6.92 Å². The number of fused-ring (bicyclic) bond motifs is 2. The van der Waals surface area contributed by atoms with E-state index in [4.69, 9.17) is 5.73 Å². The molecule has 0 aromatic carbocycles. The minimum atomic E-state index is -1.39. The van der Waals surface area contributed by atoms with Gasteiger partial charge in [-0.05, 0) is 19.1 Å². The van der Waals surface area contributed by atoms with Gasteiger partial charge in [0.25, 0.3) is 0 Å². The number of thioether (sulfide) groups is 1. The Morgan fingerprint density at radius 1 is 1.41 bits per heavy atom. The van der Waals surface area contributed by atoms with Gasteiger partial charge in [0.1, 0.15) is 11.5 Å². The Morgan fingerprint density at radius 3 is 2.75 bits per heavy atom.